The van der Waals surface area contributed by atoms with Gasteiger partial charge < -0.3 is 5.32 Å². The largest absolute Gasteiger partial charge is 0.353 e. The van der Waals surface area contributed by atoms with E-state index in [1.807, 2.05) is 12.1 Å². The fourth-order valence-corrected chi connectivity index (χ4v) is 6.99. The lowest BCUT2D eigenvalue weighted by Gasteiger charge is -2.29. The summed E-state index contributed by atoms with van der Waals surface area (Å²) >= 11 is 3.02. The predicted octanol–water partition coefficient (Wildman–Crippen LogP) is 4.85. The number of nitrogens with zero attached hydrogens (tertiary/aromatic N) is 3. The van der Waals surface area contributed by atoms with Crippen molar-refractivity contribution in [3.8, 4) is 0 Å². The fraction of sp³-hybridized carbons (Fsp3) is 0.375. The lowest BCUT2D eigenvalue weighted by molar-refractivity contribution is 0.101. The second-order valence-electron chi connectivity index (χ2n) is 8.48. The Kier molecular flexibility index (Phi) is 8.02. The number of carbonyl (C=O) groups excluding carboxylic acids is 1. The summed E-state index contributed by atoms with van der Waals surface area (Å²) in [5.41, 5.74) is 2.96. The number of carbonyl (C=O) groups is 1. The van der Waals surface area contributed by atoms with Gasteiger partial charge in [0.2, 0.25) is 15.2 Å². The van der Waals surface area contributed by atoms with E-state index in [-0.39, 0.29) is 17.2 Å². The molecule has 0 spiro atoms. The van der Waals surface area contributed by atoms with E-state index in [0.29, 0.717) is 29.7 Å². The molecule has 0 amide bonds. The van der Waals surface area contributed by atoms with Crippen LogP contribution in [0.2, 0.25) is 0 Å². The van der Waals surface area contributed by atoms with Crippen molar-refractivity contribution in [1.82, 2.24) is 14.5 Å². The number of hydrogen-bond donors (Lipinski definition) is 1. The van der Waals surface area contributed by atoms with Crippen molar-refractivity contribution < 1.29 is 13.2 Å². The first-order valence-electron chi connectivity index (χ1n) is 11.2. The Hall–Kier alpha value is -2.27. The zero-order chi connectivity index (χ0) is 24.1. The third kappa shape index (κ3) is 6.04. The Morgan fingerprint density at radius 3 is 2.53 bits per heavy atom. The van der Waals surface area contributed by atoms with Crippen molar-refractivity contribution in [3.05, 3.63) is 65.2 Å². The van der Waals surface area contributed by atoms with Crippen LogP contribution in [0.1, 0.15) is 41.3 Å². The van der Waals surface area contributed by atoms with Crippen LogP contribution in [0.3, 0.4) is 0 Å². The quantitative estimate of drug-likeness (QED) is 0.321. The van der Waals surface area contributed by atoms with Crippen molar-refractivity contribution in [3.63, 3.8) is 0 Å². The van der Waals surface area contributed by atoms with E-state index in [1.54, 1.807) is 23.9 Å². The fourth-order valence-electron chi connectivity index (χ4n) is 3.70. The molecule has 3 aromatic rings. The molecule has 0 unspecified atom stereocenters. The summed E-state index contributed by atoms with van der Waals surface area (Å²) in [6.07, 6.45) is 1.75. The molecule has 10 heteroatoms. The van der Waals surface area contributed by atoms with Gasteiger partial charge in [0.05, 0.1) is 11.4 Å². The Balaban J connectivity index is 1.30. The minimum absolute atomic E-state index is 0.0627. The van der Waals surface area contributed by atoms with Gasteiger partial charge in [-0.1, -0.05) is 54.3 Å². The molecule has 0 bridgehead atoms. The molecule has 34 heavy (non-hydrogen) atoms. The number of sulfonamides is 1. The van der Waals surface area contributed by atoms with E-state index in [0.717, 1.165) is 22.9 Å². The maximum absolute atomic E-state index is 12.9. The maximum atomic E-state index is 12.9. The van der Waals surface area contributed by atoms with Crippen LogP contribution in [0.5, 0.6) is 0 Å². The highest BCUT2D eigenvalue weighted by atomic mass is 32.2. The molecule has 0 aliphatic carbocycles. The number of aromatic nitrogens is 2. The third-order valence-electron chi connectivity index (χ3n) is 5.98. The summed E-state index contributed by atoms with van der Waals surface area (Å²) in [5.74, 6) is 1.22. The number of Topliss-reactive ketones (excluding diaryl/α,β-unsaturated/α-hetero) is 1. The van der Waals surface area contributed by atoms with E-state index in [4.69, 9.17) is 0 Å². The number of rotatable bonds is 9. The zero-order valence-electron chi connectivity index (χ0n) is 19.2. The number of piperidine rings is 1. The summed E-state index contributed by atoms with van der Waals surface area (Å²) in [6, 6.07) is 14.4. The number of aryl methyl sites for hydroxylation is 1. The minimum Gasteiger partial charge on any atom is -0.353 e. The highest BCUT2D eigenvalue weighted by molar-refractivity contribution is 8.00. The van der Waals surface area contributed by atoms with Crippen LogP contribution in [0.4, 0.5) is 5.13 Å². The second-order valence-corrected chi connectivity index (χ2v) is 12.6. The SMILES string of the molecule is Cc1ccccc1CSc1nnc(NCC(=O)c2ccc(S(=O)(=O)N3CCC(C)CC3)cc2)s1. The molecule has 2 heterocycles. The highest BCUT2D eigenvalue weighted by Crippen LogP contribution is 2.29. The molecule has 1 aliphatic heterocycles. The Morgan fingerprint density at radius 2 is 1.82 bits per heavy atom. The Bertz CT molecular complexity index is 1230. The number of nitrogens with one attached hydrogen (secondary N) is 1. The molecule has 0 radical (unpaired) electrons. The van der Waals surface area contributed by atoms with Crippen molar-refractivity contribution in [2.45, 2.75) is 41.7 Å². The lowest BCUT2D eigenvalue weighted by Crippen LogP contribution is -2.37. The van der Waals surface area contributed by atoms with E-state index in [2.05, 4.69) is 41.5 Å². The smallest absolute Gasteiger partial charge is 0.243 e. The standard InChI is InChI=1S/C24H28N4O3S3/c1-17-11-13-28(14-12-17)34(30,31)21-9-7-19(8-10-21)22(29)15-25-23-26-27-24(33-23)32-16-20-6-4-3-5-18(20)2/h3-10,17H,11-16H2,1-2H3,(H,25,26). The monoisotopic (exact) mass is 516 g/mol. The van der Waals surface area contributed by atoms with Crippen LogP contribution in [0.25, 0.3) is 0 Å². The van der Waals surface area contributed by atoms with Gasteiger partial charge in [0, 0.05) is 24.4 Å². The molecule has 1 aliphatic rings. The first kappa shape index (κ1) is 24.8. The average molecular weight is 517 g/mol. The first-order chi connectivity index (χ1) is 16.3. The van der Waals surface area contributed by atoms with Crippen LogP contribution in [0.15, 0.2) is 57.8 Å². The van der Waals surface area contributed by atoms with Gasteiger partial charge >= 0.3 is 0 Å². The van der Waals surface area contributed by atoms with Gasteiger partial charge in [0.1, 0.15) is 0 Å². The highest BCUT2D eigenvalue weighted by Gasteiger charge is 2.28. The topological polar surface area (TPSA) is 92.3 Å². The van der Waals surface area contributed by atoms with Gasteiger partial charge in [-0.25, -0.2) is 8.42 Å². The van der Waals surface area contributed by atoms with Gasteiger partial charge in [-0.2, -0.15) is 4.31 Å². The van der Waals surface area contributed by atoms with Crippen LogP contribution < -0.4 is 5.32 Å². The maximum Gasteiger partial charge on any atom is 0.243 e. The first-order valence-corrected chi connectivity index (χ1v) is 14.5. The van der Waals surface area contributed by atoms with Gasteiger partial charge in [0.15, 0.2) is 10.1 Å². The van der Waals surface area contributed by atoms with Crippen LogP contribution >= 0.6 is 23.1 Å². The molecule has 0 atom stereocenters. The molecule has 1 fully saturated rings. The van der Waals surface area contributed by atoms with Crippen molar-refractivity contribution in [2.24, 2.45) is 5.92 Å². The van der Waals surface area contributed by atoms with Crippen molar-refractivity contribution >= 4 is 44.0 Å². The molecule has 4 rings (SSSR count). The van der Waals surface area contributed by atoms with Crippen molar-refractivity contribution in [1.29, 1.82) is 0 Å². The molecule has 0 saturated carbocycles. The summed E-state index contributed by atoms with van der Waals surface area (Å²) < 4.78 is 28.1. The molecular weight excluding hydrogens is 488 g/mol. The molecular formula is C24H28N4O3S3. The van der Waals surface area contributed by atoms with Gasteiger partial charge in [-0.3, -0.25) is 4.79 Å². The van der Waals surface area contributed by atoms with Crippen LogP contribution in [0, 0.1) is 12.8 Å². The third-order valence-corrected chi connectivity index (χ3v) is 9.95. The molecule has 7 nitrogen and oxygen atoms in total. The van der Waals surface area contributed by atoms with Gasteiger partial charge in [0.25, 0.3) is 0 Å². The van der Waals surface area contributed by atoms with Crippen LogP contribution in [-0.2, 0) is 15.8 Å². The Morgan fingerprint density at radius 1 is 1.12 bits per heavy atom. The van der Waals surface area contributed by atoms with Gasteiger partial charge in [-0.05, 0) is 61.1 Å². The van der Waals surface area contributed by atoms with Gasteiger partial charge in [-0.15, -0.1) is 10.2 Å². The number of hydrogen-bond acceptors (Lipinski definition) is 8. The van der Waals surface area contributed by atoms with E-state index >= 15 is 0 Å². The normalized spacial score (nSPS) is 15.4. The lowest BCUT2D eigenvalue weighted by atomic mass is 10.0. The summed E-state index contributed by atoms with van der Waals surface area (Å²) in [5, 5.41) is 11.9. The molecule has 1 aromatic heterocycles. The average Bonchev–Trinajstić information content (AvgIpc) is 3.30. The molecule has 1 N–H and O–H groups in total. The van der Waals surface area contributed by atoms with E-state index < -0.39 is 10.0 Å². The number of thioether (sulfide) groups is 1. The molecule has 1 saturated heterocycles. The number of ketones is 1. The zero-order valence-corrected chi connectivity index (χ0v) is 21.7. The minimum atomic E-state index is -3.52. The van der Waals surface area contributed by atoms with E-state index in [9.17, 15) is 13.2 Å². The summed E-state index contributed by atoms with van der Waals surface area (Å²) in [4.78, 5) is 12.8. The Labute approximate surface area is 209 Å². The summed E-state index contributed by atoms with van der Waals surface area (Å²) in [7, 11) is -3.52. The molecule has 180 valence electrons. The van der Waals surface area contributed by atoms with Crippen molar-refractivity contribution in [2.75, 3.05) is 25.0 Å². The molecule has 2 aromatic carbocycles. The van der Waals surface area contributed by atoms with E-state index in [1.165, 1.54) is 38.9 Å². The summed E-state index contributed by atoms with van der Waals surface area (Å²) in [6.45, 7) is 5.38. The van der Waals surface area contributed by atoms with Crippen LogP contribution in [-0.4, -0.2) is 48.3 Å². The second kappa shape index (κ2) is 11.0. The number of anilines is 1. The number of benzene rings is 2. The predicted molar refractivity (Wildman–Crippen MR) is 137 cm³/mol.